The highest BCUT2D eigenvalue weighted by atomic mass is 35.5. The maximum absolute atomic E-state index is 12.4. The van der Waals surface area contributed by atoms with Crippen molar-refractivity contribution in [3.8, 4) is 0 Å². The van der Waals surface area contributed by atoms with E-state index in [1.807, 2.05) is 4.90 Å². The lowest BCUT2D eigenvalue weighted by atomic mass is 10.2. The first-order chi connectivity index (χ1) is 12.9. The Hall–Kier alpha value is -1.93. The number of aryl methyl sites for hydroxylation is 1. The van der Waals surface area contributed by atoms with Crippen LogP contribution in [0.5, 0.6) is 0 Å². The van der Waals surface area contributed by atoms with Crippen molar-refractivity contribution in [2.75, 3.05) is 13.1 Å². The minimum atomic E-state index is -3.59. The lowest BCUT2D eigenvalue weighted by Crippen LogP contribution is -2.31. The minimum Gasteiger partial charge on any atom is -0.343 e. The molecule has 1 aromatic carbocycles. The molecule has 2 heterocycles. The molecule has 1 saturated heterocycles. The highest BCUT2D eigenvalue weighted by Crippen LogP contribution is 2.18. The van der Waals surface area contributed by atoms with Gasteiger partial charge in [0.15, 0.2) is 15.7 Å². The molecule has 1 aromatic heterocycles. The molecular formula is C18H22ClN3O4S. The summed E-state index contributed by atoms with van der Waals surface area (Å²) in [6.07, 6.45) is 5.00. The van der Waals surface area contributed by atoms with Crippen molar-refractivity contribution in [2.24, 2.45) is 0 Å². The Morgan fingerprint density at radius 3 is 2.44 bits per heavy atom. The van der Waals surface area contributed by atoms with Gasteiger partial charge in [0.1, 0.15) is 5.75 Å². The van der Waals surface area contributed by atoms with E-state index in [1.165, 1.54) is 37.1 Å². The second-order valence-electron chi connectivity index (χ2n) is 6.61. The van der Waals surface area contributed by atoms with Crippen LogP contribution in [0.1, 0.15) is 43.8 Å². The second-order valence-corrected chi connectivity index (χ2v) is 9.04. The summed E-state index contributed by atoms with van der Waals surface area (Å²) in [5.41, 5.74) is 0. The topological polar surface area (TPSA) is 93.4 Å². The molecule has 2 aromatic rings. The number of nitrogens with zero attached hydrogens (tertiary/aromatic N) is 3. The summed E-state index contributed by atoms with van der Waals surface area (Å²) in [7, 11) is -3.59. The number of hydrogen-bond acceptors (Lipinski definition) is 6. The summed E-state index contributed by atoms with van der Waals surface area (Å²) in [5.74, 6) is 0.0742. The van der Waals surface area contributed by atoms with Gasteiger partial charge in [-0.15, -0.1) is 0 Å². The number of rotatable bonds is 6. The maximum atomic E-state index is 12.4. The molecule has 3 rings (SSSR count). The molecule has 0 spiro atoms. The average Bonchev–Trinajstić information content (AvgIpc) is 2.90. The van der Waals surface area contributed by atoms with Crippen molar-refractivity contribution in [3.05, 3.63) is 41.0 Å². The van der Waals surface area contributed by atoms with Crippen molar-refractivity contribution < 1.29 is 17.7 Å². The monoisotopic (exact) mass is 411 g/mol. The van der Waals surface area contributed by atoms with E-state index >= 15 is 0 Å². The highest BCUT2D eigenvalue weighted by molar-refractivity contribution is 7.90. The zero-order valence-corrected chi connectivity index (χ0v) is 16.5. The number of hydrogen-bond donors (Lipinski definition) is 0. The van der Waals surface area contributed by atoms with Gasteiger partial charge >= 0.3 is 0 Å². The summed E-state index contributed by atoms with van der Waals surface area (Å²) in [5, 5.41) is 4.20. The third-order valence-corrected chi connectivity index (χ3v) is 6.39. The van der Waals surface area contributed by atoms with Gasteiger partial charge in [-0.2, -0.15) is 4.98 Å². The molecule has 27 heavy (non-hydrogen) atoms. The van der Waals surface area contributed by atoms with Gasteiger partial charge in [0, 0.05) is 31.0 Å². The van der Waals surface area contributed by atoms with E-state index in [9.17, 15) is 13.2 Å². The number of likely N-dealkylation sites (tertiary alicyclic amines) is 1. The van der Waals surface area contributed by atoms with Crippen molar-refractivity contribution in [2.45, 2.75) is 49.2 Å². The maximum Gasteiger partial charge on any atom is 0.227 e. The lowest BCUT2D eigenvalue weighted by molar-refractivity contribution is -0.131. The summed E-state index contributed by atoms with van der Waals surface area (Å²) in [4.78, 5) is 18.5. The van der Waals surface area contributed by atoms with Crippen LogP contribution in [0, 0.1) is 0 Å². The average molecular weight is 412 g/mol. The second kappa shape index (κ2) is 8.84. The van der Waals surface area contributed by atoms with E-state index in [1.54, 1.807) is 0 Å². The van der Waals surface area contributed by atoms with E-state index in [0.717, 1.165) is 25.9 Å². The smallest absolute Gasteiger partial charge is 0.227 e. The number of carbonyl (C=O) groups is 1. The lowest BCUT2D eigenvalue weighted by Gasteiger charge is -2.19. The molecule has 1 aliphatic rings. The molecule has 1 aliphatic heterocycles. The molecule has 1 amide bonds. The number of amides is 1. The molecule has 7 nitrogen and oxygen atoms in total. The fraction of sp³-hybridized carbons (Fsp3) is 0.500. The highest BCUT2D eigenvalue weighted by Gasteiger charge is 2.20. The first kappa shape index (κ1) is 19.8. The zero-order chi connectivity index (χ0) is 19.3. The van der Waals surface area contributed by atoms with Crippen molar-refractivity contribution in [3.63, 3.8) is 0 Å². The van der Waals surface area contributed by atoms with E-state index in [4.69, 9.17) is 16.1 Å². The number of carbonyl (C=O) groups excluding carboxylic acids is 1. The predicted molar refractivity (Wildman–Crippen MR) is 100 cm³/mol. The van der Waals surface area contributed by atoms with Crippen LogP contribution in [0.15, 0.2) is 33.7 Å². The molecule has 146 valence electrons. The summed E-state index contributed by atoms with van der Waals surface area (Å²) in [6, 6.07) is 5.92. The molecule has 0 atom stereocenters. The Bertz CT molecular complexity index is 872. The van der Waals surface area contributed by atoms with E-state index in [-0.39, 0.29) is 34.7 Å². The standard InChI is InChI=1S/C18H22ClN3O4S/c19-14-5-7-15(8-6-14)27(24,25)13-16-20-17(26-21-16)9-10-18(23)22-11-3-1-2-4-12-22/h5-8H,1-4,9-13H2. The Labute approximate surface area is 163 Å². The third-order valence-electron chi connectivity index (χ3n) is 4.51. The van der Waals surface area contributed by atoms with Gasteiger partial charge < -0.3 is 9.42 Å². The Balaban J connectivity index is 1.56. The van der Waals surface area contributed by atoms with Crippen molar-refractivity contribution >= 4 is 27.3 Å². The SMILES string of the molecule is O=C(CCc1nc(CS(=O)(=O)c2ccc(Cl)cc2)no1)N1CCCCCC1. The zero-order valence-electron chi connectivity index (χ0n) is 14.9. The number of halogens is 1. The molecule has 0 bridgehead atoms. The molecule has 1 fully saturated rings. The van der Waals surface area contributed by atoms with Crippen molar-refractivity contribution in [1.82, 2.24) is 15.0 Å². The number of benzene rings is 1. The largest absolute Gasteiger partial charge is 0.343 e. The first-order valence-electron chi connectivity index (χ1n) is 9.01. The van der Waals surface area contributed by atoms with Crippen molar-refractivity contribution in [1.29, 1.82) is 0 Å². The molecule has 0 radical (unpaired) electrons. The van der Waals surface area contributed by atoms with Gasteiger partial charge in [0.05, 0.1) is 4.90 Å². The summed E-state index contributed by atoms with van der Waals surface area (Å²) < 4.78 is 29.9. The molecular weight excluding hydrogens is 390 g/mol. The van der Waals surface area contributed by atoms with Gasteiger partial charge in [0.25, 0.3) is 0 Å². The Kier molecular flexibility index (Phi) is 6.49. The Morgan fingerprint density at radius 1 is 1.11 bits per heavy atom. The minimum absolute atomic E-state index is 0.0745. The van der Waals surface area contributed by atoms with Gasteiger partial charge in [-0.05, 0) is 37.1 Å². The van der Waals surface area contributed by atoms with Crippen LogP contribution in [0.25, 0.3) is 0 Å². The first-order valence-corrected chi connectivity index (χ1v) is 11.0. The number of sulfone groups is 1. The van der Waals surface area contributed by atoms with Gasteiger partial charge in [-0.3, -0.25) is 4.79 Å². The quantitative estimate of drug-likeness (QED) is 0.725. The fourth-order valence-corrected chi connectivity index (χ4v) is 4.34. The van der Waals surface area contributed by atoms with Gasteiger partial charge in [-0.1, -0.05) is 29.6 Å². The molecule has 9 heteroatoms. The normalized spacial score (nSPS) is 15.5. The number of aromatic nitrogens is 2. The summed E-state index contributed by atoms with van der Waals surface area (Å²) >= 11 is 5.79. The van der Waals surface area contributed by atoms with Crippen LogP contribution in [-0.4, -0.2) is 42.5 Å². The fourth-order valence-electron chi connectivity index (χ4n) is 3.04. The van der Waals surface area contributed by atoms with E-state index in [0.29, 0.717) is 11.4 Å². The van der Waals surface area contributed by atoms with Crippen LogP contribution in [0.2, 0.25) is 5.02 Å². The van der Waals surface area contributed by atoms with E-state index in [2.05, 4.69) is 10.1 Å². The van der Waals surface area contributed by atoms with Crippen LogP contribution < -0.4 is 0 Å². The van der Waals surface area contributed by atoms with Crippen LogP contribution in [0.3, 0.4) is 0 Å². The molecule has 0 saturated carbocycles. The summed E-state index contributed by atoms with van der Waals surface area (Å²) in [6.45, 7) is 1.60. The molecule has 0 aliphatic carbocycles. The molecule has 0 N–H and O–H groups in total. The van der Waals surface area contributed by atoms with Crippen LogP contribution in [-0.2, 0) is 26.8 Å². The van der Waals surface area contributed by atoms with Crippen LogP contribution >= 0.6 is 11.6 Å². The molecule has 0 unspecified atom stereocenters. The van der Waals surface area contributed by atoms with E-state index < -0.39 is 9.84 Å². The van der Waals surface area contributed by atoms with Gasteiger partial charge in [0.2, 0.25) is 11.8 Å². The van der Waals surface area contributed by atoms with Gasteiger partial charge in [-0.25, -0.2) is 8.42 Å². The third kappa shape index (κ3) is 5.52. The van der Waals surface area contributed by atoms with Crippen LogP contribution in [0.4, 0.5) is 0 Å². The Morgan fingerprint density at radius 2 is 1.78 bits per heavy atom. The predicted octanol–water partition coefficient (Wildman–Crippen LogP) is 3.03.